The van der Waals surface area contributed by atoms with Gasteiger partial charge < -0.3 is 14.8 Å². The predicted octanol–water partition coefficient (Wildman–Crippen LogP) is 3.23. The van der Waals surface area contributed by atoms with Gasteiger partial charge in [0.25, 0.3) is 0 Å². The minimum absolute atomic E-state index is 0.307. The predicted molar refractivity (Wildman–Crippen MR) is 81.5 cm³/mol. The molecule has 0 amide bonds. The Morgan fingerprint density at radius 2 is 1.95 bits per heavy atom. The minimum Gasteiger partial charge on any atom is -0.475 e. The maximum absolute atomic E-state index is 5.75. The molecule has 0 fully saturated rings. The SMILES string of the molecule is CCCCOCCOc1ncnc(NCC)c1C(C)C. The lowest BCUT2D eigenvalue weighted by molar-refractivity contribution is 0.0960. The Balaban J connectivity index is 2.57. The first-order chi connectivity index (χ1) is 9.70. The number of unbranched alkanes of at least 4 members (excludes halogenated alkanes) is 1. The first kappa shape index (κ1) is 16.7. The summed E-state index contributed by atoms with van der Waals surface area (Å²) < 4.78 is 11.2. The summed E-state index contributed by atoms with van der Waals surface area (Å²) in [6, 6.07) is 0. The first-order valence-electron chi connectivity index (χ1n) is 7.49. The van der Waals surface area contributed by atoms with Crippen LogP contribution in [-0.2, 0) is 4.74 Å². The number of nitrogens with zero attached hydrogens (tertiary/aromatic N) is 2. The fourth-order valence-electron chi connectivity index (χ4n) is 1.87. The van der Waals surface area contributed by atoms with Gasteiger partial charge in [-0.2, -0.15) is 0 Å². The Hall–Kier alpha value is -1.36. The van der Waals surface area contributed by atoms with E-state index in [2.05, 4.69) is 36.1 Å². The van der Waals surface area contributed by atoms with Gasteiger partial charge in [-0.3, -0.25) is 0 Å². The molecule has 1 heterocycles. The lowest BCUT2D eigenvalue weighted by Gasteiger charge is -2.16. The first-order valence-corrected chi connectivity index (χ1v) is 7.49. The molecule has 114 valence electrons. The average molecular weight is 281 g/mol. The molecule has 0 spiro atoms. The summed E-state index contributed by atoms with van der Waals surface area (Å²) in [5.74, 6) is 1.82. The molecule has 0 radical (unpaired) electrons. The van der Waals surface area contributed by atoms with Gasteiger partial charge in [0, 0.05) is 13.2 Å². The second kappa shape index (κ2) is 9.53. The average Bonchev–Trinajstić information content (AvgIpc) is 2.43. The second-order valence-electron chi connectivity index (χ2n) is 4.94. The molecule has 0 saturated heterocycles. The van der Waals surface area contributed by atoms with Crippen LogP contribution in [0, 0.1) is 0 Å². The molecule has 0 aromatic carbocycles. The fourth-order valence-corrected chi connectivity index (χ4v) is 1.87. The van der Waals surface area contributed by atoms with Crippen molar-refractivity contribution in [1.82, 2.24) is 9.97 Å². The Bertz CT molecular complexity index is 383. The number of hydrogen-bond donors (Lipinski definition) is 1. The topological polar surface area (TPSA) is 56.3 Å². The molecule has 0 unspecified atom stereocenters. The fraction of sp³-hybridized carbons (Fsp3) is 0.733. The Morgan fingerprint density at radius 3 is 2.60 bits per heavy atom. The van der Waals surface area contributed by atoms with E-state index in [-0.39, 0.29) is 0 Å². The van der Waals surface area contributed by atoms with Crippen LogP contribution in [0.25, 0.3) is 0 Å². The molecule has 5 nitrogen and oxygen atoms in total. The molecule has 1 rings (SSSR count). The van der Waals surface area contributed by atoms with E-state index in [1.807, 2.05) is 6.92 Å². The number of nitrogens with one attached hydrogen (secondary N) is 1. The Kier molecular flexibility index (Phi) is 7.95. The van der Waals surface area contributed by atoms with Crippen molar-refractivity contribution >= 4 is 5.82 Å². The zero-order valence-electron chi connectivity index (χ0n) is 13.1. The van der Waals surface area contributed by atoms with Crippen LogP contribution >= 0.6 is 0 Å². The molecule has 0 bridgehead atoms. The molecular formula is C15H27N3O2. The molecule has 0 aliphatic carbocycles. The van der Waals surface area contributed by atoms with E-state index in [0.29, 0.717) is 25.0 Å². The van der Waals surface area contributed by atoms with Crippen LogP contribution in [0.1, 0.15) is 52.0 Å². The monoisotopic (exact) mass is 281 g/mol. The highest BCUT2D eigenvalue weighted by Gasteiger charge is 2.15. The van der Waals surface area contributed by atoms with Crippen molar-refractivity contribution in [3.8, 4) is 5.88 Å². The van der Waals surface area contributed by atoms with E-state index in [9.17, 15) is 0 Å². The van der Waals surface area contributed by atoms with E-state index < -0.39 is 0 Å². The second-order valence-corrected chi connectivity index (χ2v) is 4.94. The third-order valence-corrected chi connectivity index (χ3v) is 2.88. The van der Waals surface area contributed by atoms with Gasteiger partial charge in [0.2, 0.25) is 5.88 Å². The van der Waals surface area contributed by atoms with Gasteiger partial charge in [-0.1, -0.05) is 27.2 Å². The zero-order valence-corrected chi connectivity index (χ0v) is 13.1. The van der Waals surface area contributed by atoms with Crippen molar-refractivity contribution in [2.75, 3.05) is 31.7 Å². The Labute approximate surface area is 122 Å². The van der Waals surface area contributed by atoms with Crippen molar-refractivity contribution in [2.45, 2.75) is 46.5 Å². The van der Waals surface area contributed by atoms with Crippen LogP contribution in [0.3, 0.4) is 0 Å². The van der Waals surface area contributed by atoms with Gasteiger partial charge in [0.05, 0.1) is 12.2 Å². The van der Waals surface area contributed by atoms with Crippen molar-refractivity contribution in [1.29, 1.82) is 0 Å². The lowest BCUT2D eigenvalue weighted by Crippen LogP contribution is -2.12. The summed E-state index contributed by atoms with van der Waals surface area (Å²) in [5.41, 5.74) is 1.03. The van der Waals surface area contributed by atoms with Crippen LogP contribution in [0.15, 0.2) is 6.33 Å². The van der Waals surface area contributed by atoms with Gasteiger partial charge in [-0.25, -0.2) is 9.97 Å². The van der Waals surface area contributed by atoms with Gasteiger partial charge >= 0.3 is 0 Å². The highest BCUT2D eigenvalue weighted by atomic mass is 16.5. The highest BCUT2D eigenvalue weighted by Crippen LogP contribution is 2.29. The summed E-state index contributed by atoms with van der Waals surface area (Å²) in [6.07, 6.45) is 3.78. The molecule has 20 heavy (non-hydrogen) atoms. The van der Waals surface area contributed by atoms with E-state index in [1.54, 1.807) is 0 Å². The highest BCUT2D eigenvalue weighted by molar-refractivity contribution is 5.50. The molecule has 5 heteroatoms. The standard InChI is InChI=1S/C15H27N3O2/c1-5-7-8-19-9-10-20-15-13(12(3)4)14(16-6-2)17-11-18-15/h11-12H,5-10H2,1-4H3,(H,16,17,18). The van der Waals surface area contributed by atoms with E-state index >= 15 is 0 Å². The van der Waals surface area contributed by atoms with E-state index in [0.717, 1.165) is 37.4 Å². The molecule has 1 aromatic heterocycles. The quantitative estimate of drug-likeness (QED) is 0.667. The molecule has 0 aliphatic heterocycles. The van der Waals surface area contributed by atoms with Crippen LogP contribution in [0.5, 0.6) is 5.88 Å². The van der Waals surface area contributed by atoms with Crippen LogP contribution < -0.4 is 10.1 Å². The number of ether oxygens (including phenoxy) is 2. The maximum Gasteiger partial charge on any atom is 0.222 e. The van der Waals surface area contributed by atoms with Crippen molar-refractivity contribution in [2.24, 2.45) is 0 Å². The van der Waals surface area contributed by atoms with Crippen LogP contribution in [-0.4, -0.2) is 36.3 Å². The number of hydrogen-bond acceptors (Lipinski definition) is 5. The molecule has 1 N–H and O–H groups in total. The van der Waals surface area contributed by atoms with Gasteiger partial charge in [0.15, 0.2) is 0 Å². The Morgan fingerprint density at radius 1 is 1.15 bits per heavy atom. The van der Waals surface area contributed by atoms with Gasteiger partial charge in [-0.15, -0.1) is 0 Å². The van der Waals surface area contributed by atoms with Crippen molar-refractivity contribution in [3.63, 3.8) is 0 Å². The number of aromatic nitrogens is 2. The molecule has 0 saturated carbocycles. The van der Waals surface area contributed by atoms with Crippen molar-refractivity contribution < 1.29 is 9.47 Å². The van der Waals surface area contributed by atoms with Crippen LogP contribution in [0.2, 0.25) is 0 Å². The summed E-state index contributed by atoms with van der Waals surface area (Å²) in [7, 11) is 0. The third-order valence-electron chi connectivity index (χ3n) is 2.88. The normalized spacial score (nSPS) is 10.8. The minimum atomic E-state index is 0.307. The molecule has 0 aliphatic rings. The molecule has 0 atom stereocenters. The number of rotatable bonds is 10. The summed E-state index contributed by atoms with van der Waals surface area (Å²) in [4.78, 5) is 8.53. The molecular weight excluding hydrogens is 254 g/mol. The summed E-state index contributed by atoms with van der Waals surface area (Å²) in [6.45, 7) is 11.2. The van der Waals surface area contributed by atoms with Crippen molar-refractivity contribution in [3.05, 3.63) is 11.9 Å². The van der Waals surface area contributed by atoms with E-state index in [1.165, 1.54) is 6.33 Å². The molecule has 1 aromatic rings. The zero-order chi connectivity index (χ0) is 14.8. The number of anilines is 1. The largest absolute Gasteiger partial charge is 0.475 e. The van der Waals surface area contributed by atoms with Gasteiger partial charge in [0.1, 0.15) is 18.8 Å². The summed E-state index contributed by atoms with van der Waals surface area (Å²) >= 11 is 0. The summed E-state index contributed by atoms with van der Waals surface area (Å²) in [5, 5.41) is 3.25. The van der Waals surface area contributed by atoms with Crippen LogP contribution in [0.4, 0.5) is 5.82 Å². The smallest absolute Gasteiger partial charge is 0.222 e. The third kappa shape index (κ3) is 5.33. The maximum atomic E-state index is 5.75. The lowest BCUT2D eigenvalue weighted by atomic mass is 10.1. The van der Waals surface area contributed by atoms with E-state index in [4.69, 9.17) is 9.47 Å². The van der Waals surface area contributed by atoms with Gasteiger partial charge in [-0.05, 0) is 19.3 Å².